The molecule has 0 spiro atoms. The summed E-state index contributed by atoms with van der Waals surface area (Å²) in [7, 11) is 0. The van der Waals surface area contributed by atoms with Crippen LogP contribution in [-0.4, -0.2) is 22.7 Å². The molecule has 1 N–H and O–H groups in total. The average molecular weight is 305 g/mol. The van der Waals surface area contributed by atoms with E-state index in [1.165, 1.54) is 11.3 Å². The summed E-state index contributed by atoms with van der Waals surface area (Å²) in [6.07, 6.45) is -0.0137. The fraction of sp³-hybridized carbons (Fsp3) is 0.375. The van der Waals surface area contributed by atoms with Crippen molar-refractivity contribution in [2.24, 2.45) is 0 Å². The Hall–Kier alpha value is -1.88. The minimum Gasteiger partial charge on any atom is -0.493 e. The van der Waals surface area contributed by atoms with Crippen LogP contribution in [-0.2, 0) is 11.2 Å². The summed E-state index contributed by atoms with van der Waals surface area (Å²) in [5.41, 5.74) is 1.59. The molecule has 21 heavy (non-hydrogen) atoms. The summed E-state index contributed by atoms with van der Waals surface area (Å²) in [4.78, 5) is 16.5. The van der Waals surface area contributed by atoms with E-state index in [2.05, 4.69) is 18.8 Å². The Morgan fingerprint density at radius 3 is 2.71 bits per heavy atom. The smallest absolute Gasteiger partial charge is 0.308 e. The van der Waals surface area contributed by atoms with Gasteiger partial charge in [0.25, 0.3) is 0 Å². The summed E-state index contributed by atoms with van der Waals surface area (Å²) >= 11 is 1.47. The third kappa shape index (κ3) is 3.61. The highest BCUT2D eigenvalue weighted by Gasteiger charge is 2.19. The summed E-state index contributed by atoms with van der Waals surface area (Å²) < 4.78 is 5.64. The molecular formula is C16H19NO3S. The molecule has 0 saturated carbocycles. The lowest BCUT2D eigenvalue weighted by Crippen LogP contribution is -2.00. The van der Waals surface area contributed by atoms with Gasteiger partial charge in [-0.15, -0.1) is 11.3 Å². The molecule has 0 radical (unpaired) electrons. The summed E-state index contributed by atoms with van der Waals surface area (Å²) in [6.45, 7) is 6.60. The summed E-state index contributed by atoms with van der Waals surface area (Å²) in [6, 6.07) is 7.63. The highest BCUT2D eigenvalue weighted by atomic mass is 32.1. The molecular weight excluding hydrogens is 286 g/mol. The van der Waals surface area contributed by atoms with E-state index in [9.17, 15) is 4.79 Å². The molecule has 0 fully saturated rings. The molecule has 0 amide bonds. The maximum atomic E-state index is 11.1. The molecule has 0 atom stereocenters. The molecule has 1 aromatic heterocycles. The zero-order valence-electron chi connectivity index (χ0n) is 12.4. The van der Waals surface area contributed by atoms with Crippen LogP contribution < -0.4 is 4.74 Å². The van der Waals surface area contributed by atoms with Crippen LogP contribution in [0.5, 0.6) is 5.75 Å². The number of hydrogen-bond donors (Lipinski definition) is 1. The van der Waals surface area contributed by atoms with Crippen molar-refractivity contribution in [3.8, 4) is 17.0 Å². The number of ether oxygens (including phenoxy) is 1. The molecule has 0 saturated heterocycles. The topological polar surface area (TPSA) is 59.4 Å². The number of aliphatic carboxylic acids is 1. The maximum absolute atomic E-state index is 11.1. The third-order valence-electron chi connectivity index (χ3n) is 2.96. The van der Waals surface area contributed by atoms with E-state index in [1.807, 2.05) is 31.2 Å². The van der Waals surface area contributed by atoms with Gasteiger partial charge in [0.2, 0.25) is 0 Å². The Morgan fingerprint density at radius 1 is 1.38 bits per heavy atom. The van der Waals surface area contributed by atoms with Gasteiger partial charge in [0, 0.05) is 16.4 Å². The molecule has 1 heterocycles. The number of nitrogens with zero attached hydrogens (tertiary/aromatic N) is 1. The first-order valence-electron chi connectivity index (χ1n) is 6.96. The molecule has 112 valence electrons. The molecule has 1 aromatic carbocycles. The van der Waals surface area contributed by atoms with Crippen molar-refractivity contribution in [1.29, 1.82) is 0 Å². The van der Waals surface area contributed by atoms with Gasteiger partial charge in [-0.1, -0.05) is 26.0 Å². The molecule has 0 unspecified atom stereocenters. The first-order valence-corrected chi connectivity index (χ1v) is 7.78. The van der Waals surface area contributed by atoms with Gasteiger partial charge in [0.15, 0.2) is 0 Å². The van der Waals surface area contributed by atoms with Crippen molar-refractivity contribution in [2.45, 2.75) is 33.1 Å². The minimum absolute atomic E-state index is 0.0137. The number of carboxylic acids is 1. The summed E-state index contributed by atoms with van der Waals surface area (Å²) in [5.74, 6) is 0.173. The van der Waals surface area contributed by atoms with E-state index >= 15 is 0 Å². The Bertz CT molecular complexity index is 634. The average Bonchev–Trinajstić information content (AvgIpc) is 2.83. The molecule has 0 aliphatic rings. The number of carbonyl (C=O) groups is 1. The minimum atomic E-state index is -0.843. The maximum Gasteiger partial charge on any atom is 0.308 e. The van der Waals surface area contributed by atoms with Gasteiger partial charge in [-0.25, -0.2) is 4.98 Å². The second kappa shape index (κ2) is 6.72. The van der Waals surface area contributed by atoms with Crippen LogP contribution in [0.2, 0.25) is 0 Å². The predicted octanol–water partition coefficient (Wildman–Crippen LogP) is 3.96. The molecule has 2 rings (SSSR count). The van der Waals surface area contributed by atoms with Gasteiger partial charge in [0.1, 0.15) is 5.75 Å². The van der Waals surface area contributed by atoms with E-state index in [0.717, 1.165) is 26.9 Å². The van der Waals surface area contributed by atoms with Crippen molar-refractivity contribution in [3.63, 3.8) is 0 Å². The van der Waals surface area contributed by atoms with Crippen LogP contribution in [0.1, 0.15) is 36.6 Å². The highest BCUT2D eigenvalue weighted by molar-refractivity contribution is 7.12. The van der Waals surface area contributed by atoms with Crippen molar-refractivity contribution < 1.29 is 14.6 Å². The Labute approximate surface area is 128 Å². The standard InChI is InChI=1S/C16H19NO3S/c1-4-20-12-8-6-5-7-11(12)15-13(9-14(18)19)21-16(17-15)10(2)3/h5-8,10H,4,9H2,1-3H3,(H,18,19). The Balaban J connectivity index is 2.53. The van der Waals surface area contributed by atoms with Crippen LogP contribution in [0.3, 0.4) is 0 Å². The Morgan fingerprint density at radius 2 is 2.10 bits per heavy atom. The van der Waals surface area contributed by atoms with E-state index in [1.54, 1.807) is 0 Å². The zero-order chi connectivity index (χ0) is 15.4. The lowest BCUT2D eigenvalue weighted by Gasteiger charge is -2.09. The first-order chi connectivity index (χ1) is 10.0. The van der Waals surface area contributed by atoms with Crippen LogP contribution in [0.25, 0.3) is 11.3 Å². The van der Waals surface area contributed by atoms with Gasteiger partial charge in [0.05, 0.1) is 23.7 Å². The van der Waals surface area contributed by atoms with Crippen molar-refractivity contribution in [2.75, 3.05) is 6.61 Å². The largest absolute Gasteiger partial charge is 0.493 e. The fourth-order valence-electron chi connectivity index (χ4n) is 2.03. The predicted molar refractivity (Wildman–Crippen MR) is 84.1 cm³/mol. The van der Waals surface area contributed by atoms with Crippen molar-refractivity contribution in [1.82, 2.24) is 4.98 Å². The fourth-order valence-corrected chi connectivity index (χ4v) is 3.10. The molecule has 5 heteroatoms. The quantitative estimate of drug-likeness (QED) is 0.877. The van der Waals surface area contributed by atoms with Gasteiger partial charge in [-0.3, -0.25) is 4.79 Å². The van der Waals surface area contributed by atoms with Crippen LogP contribution in [0, 0.1) is 0 Å². The zero-order valence-corrected chi connectivity index (χ0v) is 13.2. The second-order valence-corrected chi connectivity index (χ2v) is 6.09. The molecule has 0 bridgehead atoms. The van der Waals surface area contributed by atoms with Crippen molar-refractivity contribution >= 4 is 17.3 Å². The second-order valence-electron chi connectivity index (χ2n) is 4.98. The van der Waals surface area contributed by atoms with E-state index in [0.29, 0.717) is 6.61 Å². The van der Waals surface area contributed by atoms with Crippen LogP contribution >= 0.6 is 11.3 Å². The SMILES string of the molecule is CCOc1ccccc1-c1nc(C(C)C)sc1CC(=O)O. The number of para-hydroxylation sites is 1. The van der Waals surface area contributed by atoms with Gasteiger partial charge < -0.3 is 9.84 Å². The van der Waals surface area contributed by atoms with E-state index in [-0.39, 0.29) is 12.3 Å². The van der Waals surface area contributed by atoms with Gasteiger partial charge >= 0.3 is 5.97 Å². The van der Waals surface area contributed by atoms with E-state index in [4.69, 9.17) is 9.84 Å². The van der Waals surface area contributed by atoms with Crippen LogP contribution in [0.15, 0.2) is 24.3 Å². The number of thiazole rings is 1. The monoisotopic (exact) mass is 305 g/mol. The molecule has 2 aromatic rings. The number of carboxylic acid groups (broad SMARTS) is 1. The first kappa shape index (κ1) is 15.5. The van der Waals surface area contributed by atoms with Crippen LogP contribution in [0.4, 0.5) is 0 Å². The van der Waals surface area contributed by atoms with Crippen molar-refractivity contribution in [3.05, 3.63) is 34.2 Å². The summed E-state index contributed by atoms with van der Waals surface area (Å²) in [5, 5.41) is 10.1. The third-order valence-corrected chi connectivity index (χ3v) is 4.32. The number of rotatable bonds is 6. The number of benzene rings is 1. The lowest BCUT2D eigenvalue weighted by molar-refractivity contribution is -0.136. The lowest BCUT2D eigenvalue weighted by atomic mass is 10.1. The van der Waals surface area contributed by atoms with E-state index < -0.39 is 5.97 Å². The number of hydrogen-bond acceptors (Lipinski definition) is 4. The normalized spacial score (nSPS) is 10.9. The Kier molecular flexibility index (Phi) is 4.96. The van der Waals surface area contributed by atoms with Gasteiger partial charge in [-0.05, 0) is 19.1 Å². The number of aromatic nitrogens is 1. The van der Waals surface area contributed by atoms with Gasteiger partial charge in [-0.2, -0.15) is 0 Å². The molecule has 0 aliphatic carbocycles. The molecule has 4 nitrogen and oxygen atoms in total. The molecule has 0 aliphatic heterocycles. The highest BCUT2D eigenvalue weighted by Crippen LogP contribution is 2.36.